The van der Waals surface area contributed by atoms with Gasteiger partial charge in [-0.25, -0.2) is 4.99 Å². The van der Waals surface area contributed by atoms with Gasteiger partial charge >= 0.3 is 0 Å². The van der Waals surface area contributed by atoms with E-state index < -0.39 is 0 Å². The fraction of sp³-hybridized carbons (Fsp3) is 0.762. The van der Waals surface area contributed by atoms with Crippen LogP contribution in [0.1, 0.15) is 424 Å². The van der Waals surface area contributed by atoms with E-state index in [4.69, 9.17) is 9.98 Å². The van der Waals surface area contributed by atoms with Crippen LogP contribution in [0.2, 0.25) is 0 Å². The normalized spacial score (nSPS) is 12.1. The average Bonchev–Trinajstić information content (AvgIpc) is 3.58. The van der Waals surface area contributed by atoms with Gasteiger partial charge in [0.05, 0.1) is 17.1 Å². The third-order valence-electron chi connectivity index (χ3n) is 18.3. The molecule has 2 aromatic rings. The minimum Gasteiger partial charge on any atom is -0.251 e. The number of hydrogen-bond donors (Lipinski definition) is 0. The first-order chi connectivity index (χ1) is 42.7. The molecule has 0 aliphatic heterocycles. The van der Waals surface area contributed by atoms with Crippen molar-refractivity contribution in [1.82, 2.24) is 0 Å². The fourth-order valence-corrected chi connectivity index (χ4v) is 12.4. The lowest BCUT2D eigenvalue weighted by atomic mass is 10.0. The van der Waals surface area contributed by atoms with Crippen LogP contribution in [0.25, 0.3) is 12.2 Å². The molecule has 490 valence electrons. The Hall–Kier alpha value is -3.18. The van der Waals surface area contributed by atoms with Crippen molar-refractivity contribution in [1.29, 1.82) is 0 Å². The molecular weight excluding hydrogens is 1040 g/mol. The Kier molecular flexibility index (Phi) is 59.5. The lowest BCUT2D eigenvalue weighted by Crippen LogP contribution is -2.12. The zero-order valence-electron chi connectivity index (χ0n) is 58.2. The molecular formula is C84H144N2. The quantitative estimate of drug-likeness (QED) is 0.0358. The Labute approximate surface area is 538 Å². The van der Waals surface area contributed by atoms with E-state index in [0.29, 0.717) is 0 Å². The molecule has 0 spiro atoms. The second-order valence-corrected chi connectivity index (χ2v) is 26.8. The van der Waals surface area contributed by atoms with Gasteiger partial charge in [-0.3, -0.25) is 4.99 Å². The molecule has 2 nitrogen and oxygen atoms in total. The molecule has 86 heavy (non-hydrogen) atoms. The maximum Gasteiger partial charge on any atom is 0.135 e. The summed E-state index contributed by atoms with van der Waals surface area (Å²) in [6.45, 7) is 9.20. The first-order valence-electron chi connectivity index (χ1n) is 38.9. The molecule has 0 aromatic heterocycles. The first-order valence-corrected chi connectivity index (χ1v) is 38.9. The van der Waals surface area contributed by atoms with Crippen molar-refractivity contribution in [2.75, 3.05) is 0 Å². The highest BCUT2D eigenvalue weighted by atomic mass is 14.8. The molecule has 0 aliphatic carbocycles. The van der Waals surface area contributed by atoms with Crippen LogP contribution in [-0.2, 0) is 0 Å². The van der Waals surface area contributed by atoms with Crippen LogP contribution in [0, 0.1) is 11.8 Å². The SMILES string of the molecule is CCCCCCCCCCCCCCCCCCC#CC(=Nc1ccc(C=CCCCCCCCCCCCCCCCCCCCCC)cc1)C(CCCC)=Nc1ccc(C=CCCCCCCCCCCCCCCCCCCCCC)cc1. The van der Waals surface area contributed by atoms with E-state index in [0.717, 1.165) is 67.7 Å². The highest BCUT2D eigenvalue weighted by Crippen LogP contribution is 2.23. The van der Waals surface area contributed by atoms with E-state index in [2.05, 4.69) is 112 Å². The van der Waals surface area contributed by atoms with Gasteiger partial charge in [0, 0.05) is 6.42 Å². The van der Waals surface area contributed by atoms with Crippen molar-refractivity contribution in [2.24, 2.45) is 9.98 Å². The summed E-state index contributed by atoms with van der Waals surface area (Å²) < 4.78 is 0. The van der Waals surface area contributed by atoms with Crippen LogP contribution in [0.4, 0.5) is 11.4 Å². The van der Waals surface area contributed by atoms with Gasteiger partial charge in [0.25, 0.3) is 0 Å². The zero-order chi connectivity index (χ0) is 61.2. The van der Waals surface area contributed by atoms with Crippen molar-refractivity contribution in [3.05, 3.63) is 71.8 Å². The fourth-order valence-electron chi connectivity index (χ4n) is 12.4. The number of aliphatic imine (C=N–C) groups is 2. The second kappa shape index (κ2) is 64.8. The number of rotatable bonds is 64. The minimum atomic E-state index is 0.839. The lowest BCUT2D eigenvalue weighted by molar-refractivity contribution is 0.523. The molecule has 0 radical (unpaired) electrons. The lowest BCUT2D eigenvalue weighted by Gasteiger charge is -2.07. The van der Waals surface area contributed by atoms with E-state index in [-0.39, 0.29) is 0 Å². The first kappa shape index (κ1) is 78.9. The van der Waals surface area contributed by atoms with Gasteiger partial charge in [-0.15, -0.1) is 0 Å². The number of benzene rings is 2. The Morgan fingerprint density at radius 1 is 0.279 bits per heavy atom. The summed E-state index contributed by atoms with van der Waals surface area (Å²) in [5, 5.41) is 0. The summed E-state index contributed by atoms with van der Waals surface area (Å²) in [5.74, 6) is 7.18. The van der Waals surface area contributed by atoms with E-state index in [9.17, 15) is 0 Å². The Morgan fingerprint density at radius 2 is 0.523 bits per heavy atom. The molecule has 2 aromatic carbocycles. The Morgan fingerprint density at radius 3 is 0.802 bits per heavy atom. The molecule has 2 heteroatoms. The number of allylic oxidation sites excluding steroid dienone is 2. The second-order valence-electron chi connectivity index (χ2n) is 26.8. The highest BCUT2D eigenvalue weighted by Gasteiger charge is 2.09. The number of hydrogen-bond acceptors (Lipinski definition) is 2. The molecule has 0 bridgehead atoms. The molecule has 0 heterocycles. The molecule has 0 saturated heterocycles. The van der Waals surface area contributed by atoms with Crippen molar-refractivity contribution >= 4 is 35.0 Å². The molecule has 0 N–H and O–H groups in total. The van der Waals surface area contributed by atoms with Crippen LogP contribution in [0.15, 0.2) is 70.7 Å². The zero-order valence-corrected chi connectivity index (χ0v) is 58.2. The standard InChI is InChI=1S/C84H144N2/c1-5-9-13-16-19-22-25-28-31-34-37-39-41-43-46-49-52-55-58-61-64-67-79-71-75-81(76-72-79)85-83(69-12-8-4)84(70-66-63-60-57-54-51-48-45-36-33-30-27-24-21-18-15-11-7-3)86-82-77-73-80(74-78-82)68-65-62-59-56-53-50-47-44-42-40-38-35-32-29-26-23-20-17-14-10-6-2/h64-65,67-68,71-78H,5-63,69H2,1-4H3. The van der Waals surface area contributed by atoms with E-state index in [1.807, 2.05) is 0 Å². The summed E-state index contributed by atoms with van der Waals surface area (Å²) in [4.78, 5) is 10.6. The number of unbranched alkanes of at least 4 members (excludes halogenated alkanes) is 55. The van der Waals surface area contributed by atoms with E-state index >= 15 is 0 Å². The van der Waals surface area contributed by atoms with Crippen molar-refractivity contribution in [3.63, 3.8) is 0 Å². The van der Waals surface area contributed by atoms with Gasteiger partial charge in [0.1, 0.15) is 5.71 Å². The predicted octanol–water partition coefficient (Wildman–Crippen LogP) is 30.0. The maximum absolute atomic E-state index is 5.30. The summed E-state index contributed by atoms with van der Waals surface area (Å²) in [7, 11) is 0. The maximum atomic E-state index is 5.30. The largest absolute Gasteiger partial charge is 0.251 e. The summed E-state index contributed by atoms with van der Waals surface area (Å²) in [5.41, 5.74) is 6.31. The summed E-state index contributed by atoms with van der Waals surface area (Å²) >= 11 is 0. The molecule has 0 amide bonds. The molecule has 0 atom stereocenters. The van der Waals surface area contributed by atoms with Crippen LogP contribution < -0.4 is 0 Å². The highest BCUT2D eigenvalue weighted by molar-refractivity contribution is 6.49. The smallest absolute Gasteiger partial charge is 0.135 e. The molecule has 0 unspecified atom stereocenters. The van der Waals surface area contributed by atoms with E-state index in [1.54, 1.807) is 0 Å². The van der Waals surface area contributed by atoms with Gasteiger partial charge in [0.2, 0.25) is 0 Å². The molecule has 0 fully saturated rings. The third-order valence-corrected chi connectivity index (χ3v) is 18.3. The topological polar surface area (TPSA) is 24.7 Å². The van der Waals surface area contributed by atoms with Crippen LogP contribution in [0.3, 0.4) is 0 Å². The van der Waals surface area contributed by atoms with Gasteiger partial charge in [0.15, 0.2) is 0 Å². The number of nitrogens with zero attached hydrogens (tertiary/aromatic N) is 2. The van der Waals surface area contributed by atoms with Crippen molar-refractivity contribution in [2.45, 2.75) is 413 Å². The van der Waals surface area contributed by atoms with E-state index in [1.165, 1.54) is 351 Å². The van der Waals surface area contributed by atoms with Gasteiger partial charge < -0.3 is 0 Å². The van der Waals surface area contributed by atoms with Crippen molar-refractivity contribution < 1.29 is 0 Å². The molecule has 2 rings (SSSR count). The van der Waals surface area contributed by atoms with Gasteiger partial charge in [-0.1, -0.05) is 416 Å². The monoisotopic (exact) mass is 1180 g/mol. The van der Waals surface area contributed by atoms with Gasteiger partial charge in [-0.2, -0.15) is 0 Å². The van der Waals surface area contributed by atoms with Crippen molar-refractivity contribution in [3.8, 4) is 11.8 Å². The Balaban J connectivity index is 1.83. The summed E-state index contributed by atoms with van der Waals surface area (Å²) in [6, 6.07) is 17.6. The van der Waals surface area contributed by atoms with Crippen LogP contribution in [0.5, 0.6) is 0 Å². The molecule has 0 saturated carbocycles. The van der Waals surface area contributed by atoms with Gasteiger partial charge in [-0.05, 0) is 86.3 Å². The van der Waals surface area contributed by atoms with Crippen LogP contribution in [-0.4, -0.2) is 11.4 Å². The predicted molar refractivity (Wildman–Crippen MR) is 393 cm³/mol. The molecule has 0 aliphatic rings. The minimum absolute atomic E-state index is 0.839. The van der Waals surface area contributed by atoms with Crippen LogP contribution >= 0.6 is 0 Å². The third kappa shape index (κ3) is 52.7. The summed E-state index contributed by atoms with van der Waals surface area (Å²) in [6.07, 6.45) is 92.1. The Bertz CT molecular complexity index is 1880. The average molecular weight is 1180 g/mol.